The van der Waals surface area contributed by atoms with Gasteiger partial charge in [-0.05, 0) is 49.1 Å². The summed E-state index contributed by atoms with van der Waals surface area (Å²) in [5, 5.41) is 4.03. The molecule has 2 aromatic carbocycles. The molecule has 1 saturated carbocycles. The Hall–Kier alpha value is -4.01. The van der Waals surface area contributed by atoms with Crippen molar-refractivity contribution in [2.24, 2.45) is 5.92 Å². The van der Waals surface area contributed by atoms with Gasteiger partial charge in [-0.15, -0.1) is 0 Å². The fourth-order valence-electron chi connectivity index (χ4n) is 6.52. The van der Waals surface area contributed by atoms with Crippen LogP contribution in [0.1, 0.15) is 61.4 Å². The van der Waals surface area contributed by atoms with Crippen molar-refractivity contribution in [2.45, 2.75) is 64.0 Å². The Kier molecular flexibility index (Phi) is 7.85. The number of nitrogens with one attached hydrogen (secondary N) is 2. The lowest BCUT2D eigenvalue weighted by Gasteiger charge is -2.41. The van der Waals surface area contributed by atoms with E-state index in [0.29, 0.717) is 55.5 Å². The van der Waals surface area contributed by atoms with Crippen molar-refractivity contribution in [2.75, 3.05) is 26.4 Å². The Morgan fingerprint density at radius 3 is 2.68 bits per heavy atom. The van der Waals surface area contributed by atoms with Crippen molar-refractivity contribution in [1.29, 1.82) is 0 Å². The lowest BCUT2D eigenvalue weighted by Crippen LogP contribution is -2.59. The van der Waals surface area contributed by atoms with E-state index in [9.17, 15) is 14.4 Å². The molecule has 0 bridgehead atoms. The van der Waals surface area contributed by atoms with E-state index in [0.717, 1.165) is 22.9 Å². The molecule has 9 nitrogen and oxygen atoms in total. The quantitative estimate of drug-likeness (QED) is 0.430. The minimum Gasteiger partial charge on any atom is -0.454 e. The molecule has 2 N–H and O–H groups in total. The smallest absolute Gasteiger partial charge is 0.252 e. The third-order valence-corrected chi connectivity index (χ3v) is 8.84. The topological polar surface area (TPSA) is 104 Å². The molecule has 1 aliphatic carbocycles. The van der Waals surface area contributed by atoms with Crippen molar-refractivity contribution >= 4 is 28.6 Å². The van der Waals surface area contributed by atoms with Gasteiger partial charge in [0.15, 0.2) is 11.5 Å². The van der Waals surface area contributed by atoms with Gasteiger partial charge in [0, 0.05) is 61.2 Å². The largest absolute Gasteiger partial charge is 0.454 e. The first-order valence-corrected chi connectivity index (χ1v) is 14.8. The van der Waals surface area contributed by atoms with E-state index in [1.807, 2.05) is 42.3 Å². The second-order valence-electron chi connectivity index (χ2n) is 11.6. The van der Waals surface area contributed by atoms with Gasteiger partial charge in [0.2, 0.25) is 18.6 Å². The Labute approximate surface area is 240 Å². The van der Waals surface area contributed by atoms with Crippen LogP contribution in [-0.2, 0) is 16.0 Å². The van der Waals surface area contributed by atoms with Crippen LogP contribution in [0.4, 0.5) is 0 Å². The maximum atomic E-state index is 14.0. The van der Waals surface area contributed by atoms with E-state index >= 15 is 0 Å². The van der Waals surface area contributed by atoms with Gasteiger partial charge < -0.3 is 29.6 Å². The number of aromatic amines is 1. The number of rotatable bonds is 8. The number of hydrogen-bond acceptors (Lipinski definition) is 5. The molecule has 0 radical (unpaired) electrons. The maximum absolute atomic E-state index is 14.0. The van der Waals surface area contributed by atoms with Crippen LogP contribution in [0.15, 0.2) is 48.7 Å². The summed E-state index contributed by atoms with van der Waals surface area (Å²) in [6.45, 7) is 3.52. The maximum Gasteiger partial charge on any atom is 0.252 e. The molecule has 9 heteroatoms. The molecule has 2 aliphatic heterocycles. The van der Waals surface area contributed by atoms with Crippen LogP contribution >= 0.6 is 0 Å². The number of carbonyl (C=O) groups excluding carboxylic acids is 3. The number of nitrogens with zero attached hydrogens (tertiary/aromatic N) is 2. The summed E-state index contributed by atoms with van der Waals surface area (Å²) in [5.74, 6) is 1.47. The number of carbonyl (C=O) groups is 3. The highest BCUT2D eigenvalue weighted by Gasteiger charge is 2.34. The summed E-state index contributed by atoms with van der Waals surface area (Å²) in [7, 11) is 0. The van der Waals surface area contributed by atoms with Crippen LogP contribution in [0.25, 0.3) is 10.9 Å². The highest BCUT2D eigenvalue weighted by atomic mass is 16.7. The Morgan fingerprint density at radius 1 is 1.05 bits per heavy atom. The number of piperazine rings is 1. The van der Waals surface area contributed by atoms with E-state index in [4.69, 9.17) is 9.47 Å². The molecule has 216 valence electrons. The lowest BCUT2D eigenvalue weighted by molar-refractivity contribution is -0.143. The Bertz CT molecular complexity index is 1430. The zero-order chi connectivity index (χ0) is 28.3. The van der Waals surface area contributed by atoms with Gasteiger partial charge in [-0.1, -0.05) is 43.9 Å². The molecular formula is C32H38N4O5. The highest BCUT2D eigenvalue weighted by molar-refractivity contribution is 5.98. The van der Waals surface area contributed by atoms with Gasteiger partial charge in [0.1, 0.15) is 6.04 Å². The average Bonchev–Trinajstić information content (AvgIpc) is 3.76. The average molecular weight is 559 g/mol. The van der Waals surface area contributed by atoms with Gasteiger partial charge in [0.25, 0.3) is 5.91 Å². The van der Waals surface area contributed by atoms with Crippen molar-refractivity contribution in [3.05, 3.63) is 59.8 Å². The second-order valence-corrected chi connectivity index (χ2v) is 11.6. The van der Waals surface area contributed by atoms with Crippen molar-refractivity contribution in [3.8, 4) is 11.5 Å². The molecule has 3 heterocycles. The minimum absolute atomic E-state index is 0.0814. The molecule has 6 rings (SSSR count). The molecule has 0 unspecified atom stereocenters. The number of H-pyrrole nitrogens is 1. The first-order valence-electron chi connectivity index (χ1n) is 14.8. The number of benzene rings is 2. The molecule has 2 atom stereocenters. The summed E-state index contributed by atoms with van der Waals surface area (Å²) in [6.07, 6.45) is 8.82. The molecule has 3 aromatic rings. The minimum atomic E-state index is -0.774. The van der Waals surface area contributed by atoms with Crippen molar-refractivity contribution in [1.82, 2.24) is 20.1 Å². The molecule has 41 heavy (non-hydrogen) atoms. The highest BCUT2D eigenvalue weighted by Crippen LogP contribution is 2.33. The summed E-state index contributed by atoms with van der Waals surface area (Å²) in [5.41, 5.74) is 2.34. The summed E-state index contributed by atoms with van der Waals surface area (Å²) >= 11 is 0. The third-order valence-electron chi connectivity index (χ3n) is 8.84. The SMILES string of the molecule is C[C@H]1CN(C(=O)[C@@H](Cc2c[nH]c3ccccc23)NC(=O)c2ccc3c(c2)OCO3)CCN1C(=O)CCC1CCCC1. The van der Waals surface area contributed by atoms with Crippen LogP contribution in [-0.4, -0.2) is 71.0 Å². The zero-order valence-corrected chi connectivity index (χ0v) is 23.6. The molecule has 2 fully saturated rings. The molecule has 0 spiro atoms. The summed E-state index contributed by atoms with van der Waals surface area (Å²) < 4.78 is 10.8. The first-order chi connectivity index (χ1) is 20.0. The van der Waals surface area contributed by atoms with Crippen molar-refractivity contribution < 1.29 is 23.9 Å². The van der Waals surface area contributed by atoms with Crippen molar-refractivity contribution in [3.63, 3.8) is 0 Å². The predicted octanol–water partition coefficient (Wildman–Crippen LogP) is 4.27. The van der Waals surface area contributed by atoms with E-state index in [1.165, 1.54) is 25.7 Å². The third kappa shape index (κ3) is 5.89. The van der Waals surface area contributed by atoms with Gasteiger partial charge in [-0.2, -0.15) is 0 Å². The number of hydrogen-bond donors (Lipinski definition) is 2. The molecule has 3 aliphatic rings. The number of amides is 3. The van der Waals surface area contributed by atoms with Crippen LogP contribution in [0.3, 0.4) is 0 Å². The van der Waals surface area contributed by atoms with E-state index < -0.39 is 6.04 Å². The van der Waals surface area contributed by atoms with Gasteiger partial charge >= 0.3 is 0 Å². The van der Waals surface area contributed by atoms with Crippen LogP contribution in [0, 0.1) is 5.92 Å². The first kappa shape index (κ1) is 27.2. The molecular weight excluding hydrogens is 520 g/mol. The monoisotopic (exact) mass is 558 g/mol. The summed E-state index contributed by atoms with van der Waals surface area (Å²) in [4.78, 5) is 47.4. The van der Waals surface area contributed by atoms with Gasteiger partial charge in [0.05, 0.1) is 0 Å². The van der Waals surface area contributed by atoms with Gasteiger partial charge in [-0.3, -0.25) is 14.4 Å². The van der Waals surface area contributed by atoms with E-state index in [1.54, 1.807) is 23.1 Å². The van der Waals surface area contributed by atoms with E-state index in [-0.39, 0.29) is 30.6 Å². The lowest BCUT2D eigenvalue weighted by atomic mass is 10.0. The standard InChI is InChI=1S/C32H38N4O5/c1-21-19-35(14-15-36(21)30(37)13-10-22-6-2-3-7-22)32(39)27(16-24-18-33-26-9-5-4-8-25(24)26)34-31(38)23-11-12-28-29(17-23)41-20-40-28/h4-5,8-9,11-12,17-18,21-22,27,33H,2-3,6-7,10,13-16,19-20H2,1H3,(H,34,38)/t21-,27+/m0/s1. The number of aromatic nitrogens is 1. The fourth-order valence-corrected chi connectivity index (χ4v) is 6.52. The predicted molar refractivity (Wildman–Crippen MR) is 155 cm³/mol. The number of ether oxygens (including phenoxy) is 2. The van der Waals surface area contributed by atoms with Crippen LogP contribution in [0.2, 0.25) is 0 Å². The molecule has 1 saturated heterocycles. The summed E-state index contributed by atoms with van der Waals surface area (Å²) in [6, 6.07) is 12.1. The van der Waals surface area contributed by atoms with Crippen LogP contribution < -0.4 is 14.8 Å². The van der Waals surface area contributed by atoms with E-state index in [2.05, 4.69) is 10.3 Å². The number of para-hydroxylation sites is 1. The Balaban J connectivity index is 1.16. The molecule has 1 aromatic heterocycles. The zero-order valence-electron chi connectivity index (χ0n) is 23.6. The normalized spacial score (nSPS) is 19.5. The van der Waals surface area contributed by atoms with Crippen LogP contribution in [0.5, 0.6) is 11.5 Å². The second kappa shape index (κ2) is 11.8. The number of fused-ring (bicyclic) bond motifs is 2. The fraction of sp³-hybridized carbons (Fsp3) is 0.469. The Morgan fingerprint density at radius 2 is 1.85 bits per heavy atom. The molecule has 3 amide bonds. The van der Waals surface area contributed by atoms with Gasteiger partial charge in [-0.25, -0.2) is 0 Å².